The molecule has 1 aromatic heterocycles. The van der Waals surface area contributed by atoms with Gasteiger partial charge >= 0.3 is 11.9 Å². The molecule has 0 spiro atoms. The summed E-state index contributed by atoms with van der Waals surface area (Å²) in [6, 6.07) is 32.1. The SMILES string of the molecule is O=C(O)c1cc(-c2ccc(F)cc2F)ccc1O.O=C(O)c1cc(-n2c(-c3ccccc3)cc3c2CCc2ccccc2-3)ccc1O. The van der Waals surface area contributed by atoms with Crippen LogP contribution in [-0.2, 0) is 12.8 Å². The van der Waals surface area contributed by atoms with Crippen molar-refractivity contribution >= 4 is 11.9 Å². The van der Waals surface area contributed by atoms with Gasteiger partial charge in [-0.3, -0.25) is 0 Å². The molecule has 6 aromatic rings. The van der Waals surface area contributed by atoms with Gasteiger partial charge in [0.15, 0.2) is 0 Å². The molecule has 0 saturated carbocycles. The zero-order valence-corrected chi connectivity index (χ0v) is 24.7. The highest BCUT2D eigenvalue weighted by molar-refractivity contribution is 5.93. The summed E-state index contributed by atoms with van der Waals surface area (Å²) in [5.41, 5.74) is 7.58. The van der Waals surface area contributed by atoms with Crippen molar-refractivity contribution in [1.82, 2.24) is 4.57 Å². The first-order chi connectivity index (χ1) is 22.6. The number of nitrogens with zero attached hydrogens (tertiary/aromatic N) is 1. The van der Waals surface area contributed by atoms with E-state index in [2.05, 4.69) is 47.0 Å². The highest BCUT2D eigenvalue weighted by Crippen LogP contribution is 2.41. The standard InChI is InChI=1S/C25H19NO3.C13H8F2O3/c27-24-13-11-18(14-21(24)25(28)29)26-22-12-10-16-6-4-5-9-19(16)20(22)15-23(26)17-7-2-1-3-8-17;14-8-2-3-9(11(15)6-8)7-1-4-12(16)10(5-7)13(17)18/h1-9,11,13-15,27H,10,12H2,(H,28,29);1-6,16H,(H,17,18). The molecule has 0 fully saturated rings. The molecule has 4 N–H and O–H groups in total. The summed E-state index contributed by atoms with van der Waals surface area (Å²) in [5.74, 6) is -4.61. The lowest BCUT2D eigenvalue weighted by atomic mass is 9.90. The minimum atomic E-state index is -1.32. The summed E-state index contributed by atoms with van der Waals surface area (Å²) in [6.07, 6.45) is 1.80. The lowest BCUT2D eigenvalue weighted by Crippen LogP contribution is -2.09. The van der Waals surface area contributed by atoms with E-state index in [1.807, 2.05) is 18.2 Å². The van der Waals surface area contributed by atoms with Crippen molar-refractivity contribution in [2.24, 2.45) is 0 Å². The summed E-state index contributed by atoms with van der Waals surface area (Å²) in [4.78, 5) is 22.4. The van der Waals surface area contributed by atoms with Crippen LogP contribution in [0.3, 0.4) is 0 Å². The van der Waals surface area contributed by atoms with Crippen LogP contribution in [0, 0.1) is 11.6 Å². The van der Waals surface area contributed by atoms with Crippen molar-refractivity contribution in [2.45, 2.75) is 12.8 Å². The van der Waals surface area contributed by atoms with E-state index in [1.165, 1.54) is 34.9 Å². The Bertz CT molecular complexity index is 2160. The number of hydrogen-bond donors (Lipinski definition) is 4. The zero-order valence-electron chi connectivity index (χ0n) is 24.7. The van der Waals surface area contributed by atoms with Crippen LogP contribution >= 0.6 is 0 Å². The average molecular weight is 632 g/mol. The number of benzene rings is 5. The smallest absolute Gasteiger partial charge is 0.339 e. The summed E-state index contributed by atoms with van der Waals surface area (Å²) in [5, 5.41) is 37.6. The molecular formula is C38H27F2NO6. The lowest BCUT2D eigenvalue weighted by molar-refractivity contribution is 0.0682. The van der Waals surface area contributed by atoms with Crippen LogP contribution in [0.15, 0.2) is 115 Å². The van der Waals surface area contributed by atoms with E-state index in [9.17, 15) is 33.7 Å². The van der Waals surface area contributed by atoms with Gasteiger partial charge in [-0.15, -0.1) is 0 Å². The van der Waals surface area contributed by atoms with Crippen molar-refractivity contribution in [3.63, 3.8) is 0 Å². The van der Waals surface area contributed by atoms with Gasteiger partial charge in [-0.05, 0) is 83.6 Å². The first-order valence-corrected chi connectivity index (χ1v) is 14.6. The van der Waals surface area contributed by atoms with Gasteiger partial charge in [0, 0.05) is 28.6 Å². The van der Waals surface area contributed by atoms with E-state index < -0.39 is 29.3 Å². The molecule has 0 saturated heterocycles. The second-order valence-corrected chi connectivity index (χ2v) is 10.9. The van der Waals surface area contributed by atoms with Crippen LogP contribution in [-0.4, -0.2) is 36.9 Å². The van der Waals surface area contributed by atoms with E-state index >= 15 is 0 Å². The number of hydrogen-bond acceptors (Lipinski definition) is 4. The fourth-order valence-corrected chi connectivity index (χ4v) is 5.83. The number of phenols is 2. The number of fused-ring (bicyclic) bond motifs is 3. The lowest BCUT2D eigenvalue weighted by Gasteiger charge is -2.20. The monoisotopic (exact) mass is 631 g/mol. The summed E-state index contributed by atoms with van der Waals surface area (Å²) >= 11 is 0. The quantitative estimate of drug-likeness (QED) is 0.152. The molecule has 7 nitrogen and oxygen atoms in total. The highest BCUT2D eigenvalue weighted by Gasteiger charge is 2.24. The third-order valence-electron chi connectivity index (χ3n) is 8.05. The molecular weight excluding hydrogens is 604 g/mol. The number of aryl methyl sites for hydroxylation is 1. The van der Waals surface area contributed by atoms with E-state index in [0.29, 0.717) is 6.07 Å². The van der Waals surface area contributed by atoms with Gasteiger partial charge in [0.2, 0.25) is 0 Å². The minimum absolute atomic E-state index is 0.0684. The Labute approximate surface area is 267 Å². The molecule has 234 valence electrons. The molecule has 1 aliphatic carbocycles. The van der Waals surface area contributed by atoms with Gasteiger partial charge in [0.05, 0.1) is 5.69 Å². The van der Waals surface area contributed by atoms with Crippen LogP contribution in [0.2, 0.25) is 0 Å². The third-order valence-corrected chi connectivity index (χ3v) is 8.05. The van der Waals surface area contributed by atoms with Crippen molar-refractivity contribution in [3.05, 3.63) is 149 Å². The highest BCUT2D eigenvalue weighted by atomic mass is 19.1. The maximum absolute atomic E-state index is 13.5. The molecule has 1 heterocycles. The zero-order chi connectivity index (χ0) is 33.2. The van der Waals surface area contributed by atoms with Crippen molar-refractivity contribution in [3.8, 4) is 50.7 Å². The molecule has 5 aromatic carbocycles. The van der Waals surface area contributed by atoms with Gasteiger partial charge in [-0.2, -0.15) is 0 Å². The van der Waals surface area contributed by atoms with Crippen molar-refractivity contribution in [2.75, 3.05) is 0 Å². The number of aromatic carboxylic acids is 2. The number of halogens is 2. The van der Waals surface area contributed by atoms with Crippen molar-refractivity contribution < 1.29 is 38.8 Å². The normalized spacial score (nSPS) is 11.5. The predicted molar refractivity (Wildman–Crippen MR) is 173 cm³/mol. The fraction of sp³-hybridized carbons (Fsp3) is 0.0526. The second-order valence-electron chi connectivity index (χ2n) is 10.9. The average Bonchev–Trinajstić information content (AvgIpc) is 3.46. The maximum atomic E-state index is 13.5. The first kappa shape index (κ1) is 30.8. The summed E-state index contributed by atoms with van der Waals surface area (Å²) in [7, 11) is 0. The Balaban J connectivity index is 0.000000185. The maximum Gasteiger partial charge on any atom is 0.339 e. The molecule has 0 radical (unpaired) electrons. The van der Waals surface area contributed by atoms with Gasteiger partial charge in [0.1, 0.15) is 34.3 Å². The number of aromatic hydroxyl groups is 2. The van der Waals surface area contributed by atoms with Gasteiger partial charge < -0.3 is 25.0 Å². The number of aromatic nitrogens is 1. The molecule has 7 rings (SSSR count). The van der Waals surface area contributed by atoms with Crippen molar-refractivity contribution in [1.29, 1.82) is 0 Å². The topological polar surface area (TPSA) is 120 Å². The molecule has 0 aliphatic heterocycles. The second kappa shape index (κ2) is 12.6. The first-order valence-electron chi connectivity index (χ1n) is 14.6. The van der Waals surface area contributed by atoms with Crippen LogP contribution < -0.4 is 0 Å². The third kappa shape index (κ3) is 6.06. The molecule has 0 atom stereocenters. The number of rotatable bonds is 5. The largest absolute Gasteiger partial charge is 0.507 e. The Morgan fingerprint density at radius 2 is 1.26 bits per heavy atom. The Hall–Kier alpha value is -6.22. The molecule has 47 heavy (non-hydrogen) atoms. The Morgan fingerprint density at radius 1 is 0.596 bits per heavy atom. The fourth-order valence-electron chi connectivity index (χ4n) is 5.83. The molecule has 0 unspecified atom stereocenters. The van der Waals surface area contributed by atoms with Gasteiger partial charge in [-0.1, -0.05) is 60.7 Å². The van der Waals surface area contributed by atoms with E-state index in [1.54, 1.807) is 12.1 Å². The van der Waals surface area contributed by atoms with Gasteiger partial charge in [0.25, 0.3) is 0 Å². The number of carboxylic acids is 2. The number of carboxylic acid groups (broad SMARTS) is 2. The van der Waals surface area contributed by atoms with E-state index in [4.69, 9.17) is 5.11 Å². The van der Waals surface area contributed by atoms with Crippen LogP contribution in [0.4, 0.5) is 8.78 Å². The molecule has 9 heteroatoms. The van der Waals surface area contributed by atoms with Crippen LogP contribution in [0.25, 0.3) is 39.2 Å². The van der Waals surface area contributed by atoms with Gasteiger partial charge in [-0.25, -0.2) is 18.4 Å². The summed E-state index contributed by atoms with van der Waals surface area (Å²) < 4.78 is 28.4. The Morgan fingerprint density at radius 3 is 1.96 bits per heavy atom. The van der Waals surface area contributed by atoms with E-state index in [-0.39, 0.29) is 28.0 Å². The predicted octanol–water partition coefficient (Wildman–Crippen LogP) is 8.35. The molecule has 0 bridgehead atoms. The molecule has 0 amide bonds. The summed E-state index contributed by atoms with van der Waals surface area (Å²) in [6.45, 7) is 0. The number of carbonyl (C=O) groups is 2. The Kier molecular flexibility index (Phi) is 8.28. The van der Waals surface area contributed by atoms with Crippen LogP contribution in [0.5, 0.6) is 11.5 Å². The molecule has 1 aliphatic rings. The van der Waals surface area contributed by atoms with E-state index in [0.717, 1.165) is 53.7 Å². The minimum Gasteiger partial charge on any atom is -0.507 e. The van der Waals surface area contributed by atoms with Crippen LogP contribution in [0.1, 0.15) is 32.0 Å².